The lowest BCUT2D eigenvalue weighted by atomic mass is 10.2. The number of anilines is 2. The largest absolute Gasteiger partial charge is 0.462 e. The third-order valence-electron chi connectivity index (χ3n) is 4.55. The highest BCUT2D eigenvalue weighted by Gasteiger charge is 2.21. The molecular formula is C21H22N4O3. The number of benzene rings is 2. The van der Waals surface area contributed by atoms with Gasteiger partial charge in [-0.25, -0.2) is 9.59 Å². The van der Waals surface area contributed by atoms with E-state index < -0.39 is 0 Å². The fourth-order valence-electron chi connectivity index (χ4n) is 3.05. The van der Waals surface area contributed by atoms with Gasteiger partial charge in [0.2, 0.25) is 0 Å². The molecule has 2 aromatic carbocycles. The zero-order valence-corrected chi connectivity index (χ0v) is 15.7. The van der Waals surface area contributed by atoms with Crippen LogP contribution in [0.4, 0.5) is 16.2 Å². The number of hydrogen-bond donors (Lipinski definition) is 1. The second-order valence-corrected chi connectivity index (χ2v) is 6.36. The summed E-state index contributed by atoms with van der Waals surface area (Å²) >= 11 is 0. The second kappa shape index (κ2) is 8.91. The molecule has 1 aliphatic rings. The first-order valence-electron chi connectivity index (χ1n) is 9.19. The summed E-state index contributed by atoms with van der Waals surface area (Å²) in [5.74, 6) is -0.378. The number of carbonyl (C=O) groups excluding carboxylic acids is 2. The van der Waals surface area contributed by atoms with Crippen molar-refractivity contribution in [3.8, 4) is 6.07 Å². The van der Waals surface area contributed by atoms with Gasteiger partial charge in [-0.05, 0) is 49.4 Å². The van der Waals surface area contributed by atoms with Crippen molar-refractivity contribution in [3.05, 3.63) is 59.7 Å². The Labute approximate surface area is 164 Å². The maximum Gasteiger partial charge on any atom is 0.338 e. The highest BCUT2D eigenvalue weighted by atomic mass is 16.5. The third kappa shape index (κ3) is 4.60. The molecule has 0 radical (unpaired) electrons. The highest BCUT2D eigenvalue weighted by molar-refractivity contribution is 5.92. The van der Waals surface area contributed by atoms with Gasteiger partial charge in [0.25, 0.3) is 0 Å². The lowest BCUT2D eigenvalue weighted by molar-refractivity contribution is 0.0526. The molecule has 1 N–H and O–H groups in total. The standard InChI is InChI=1S/C21H22N4O3/c1-2-28-20(26)17-6-8-18(9-7-17)23-21(27)25-12-10-24(11-13-25)19-5-3-4-16(14-19)15-22/h3-9,14H,2,10-13H2,1H3,(H,23,27). The first-order chi connectivity index (χ1) is 13.6. The van der Waals surface area contributed by atoms with Crippen LogP contribution in [-0.2, 0) is 4.74 Å². The molecule has 1 saturated heterocycles. The third-order valence-corrected chi connectivity index (χ3v) is 4.55. The van der Waals surface area contributed by atoms with E-state index in [9.17, 15) is 9.59 Å². The van der Waals surface area contributed by atoms with Gasteiger partial charge >= 0.3 is 12.0 Å². The maximum atomic E-state index is 12.5. The Morgan fingerprint density at radius 3 is 2.46 bits per heavy atom. The molecule has 28 heavy (non-hydrogen) atoms. The van der Waals surface area contributed by atoms with Crippen molar-refractivity contribution >= 4 is 23.4 Å². The lowest BCUT2D eigenvalue weighted by Crippen LogP contribution is -2.50. The average Bonchev–Trinajstić information content (AvgIpc) is 2.74. The van der Waals surface area contributed by atoms with Crippen molar-refractivity contribution in [1.82, 2.24) is 4.90 Å². The summed E-state index contributed by atoms with van der Waals surface area (Å²) in [6, 6.07) is 16.1. The molecule has 0 aliphatic carbocycles. The quantitative estimate of drug-likeness (QED) is 0.827. The second-order valence-electron chi connectivity index (χ2n) is 6.36. The Hall–Kier alpha value is -3.53. The summed E-state index contributed by atoms with van der Waals surface area (Å²) in [5.41, 5.74) is 2.70. The first-order valence-corrected chi connectivity index (χ1v) is 9.19. The van der Waals surface area contributed by atoms with Crippen molar-refractivity contribution in [2.75, 3.05) is 43.0 Å². The van der Waals surface area contributed by atoms with Gasteiger partial charge in [-0.3, -0.25) is 0 Å². The number of nitrogens with one attached hydrogen (secondary N) is 1. The molecule has 0 unspecified atom stereocenters. The number of esters is 1. The fraction of sp³-hybridized carbons (Fsp3) is 0.286. The molecule has 7 nitrogen and oxygen atoms in total. The summed E-state index contributed by atoms with van der Waals surface area (Å²) in [5, 5.41) is 11.9. The molecule has 3 rings (SSSR count). The Morgan fingerprint density at radius 2 is 1.82 bits per heavy atom. The van der Waals surface area contributed by atoms with Crippen molar-refractivity contribution in [2.45, 2.75) is 6.92 Å². The van der Waals surface area contributed by atoms with Crippen molar-refractivity contribution in [3.63, 3.8) is 0 Å². The Kier molecular flexibility index (Phi) is 6.12. The van der Waals surface area contributed by atoms with Crippen LogP contribution in [0.15, 0.2) is 48.5 Å². The summed E-state index contributed by atoms with van der Waals surface area (Å²) < 4.78 is 4.95. The molecule has 2 aromatic rings. The monoisotopic (exact) mass is 378 g/mol. The van der Waals surface area contributed by atoms with E-state index in [0.717, 1.165) is 5.69 Å². The van der Waals surface area contributed by atoms with Crippen LogP contribution in [0.1, 0.15) is 22.8 Å². The van der Waals surface area contributed by atoms with E-state index in [1.54, 1.807) is 42.2 Å². The molecule has 0 spiro atoms. The van der Waals surface area contributed by atoms with Gasteiger partial charge < -0.3 is 19.9 Å². The topological polar surface area (TPSA) is 85.7 Å². The minimum Gasteiger partial charge on any atom is -0.462 e. The van der Waals surface area contributed by atoms with Crippen LogP contribution in [0.5, 0.6) is 0 Å². The number of amides is 2. The van der Waals surface area contributed by atoms with Crippen molar-refractivity contribution in [2.24, 2.45) is 0 Å². The van der Waals surface area contributed by atoms with E-state index in [2.05, 4.69) is 16.3 Å². The molecule has 0 atom stereocenters. The van der Waals surface area contributed by atoms with Gasteiger partial charge in [0.1, 0.15) is 0 Å². The Morgan fingerprint density at radius 1 is 1.11 bits per heavy atom. The van der Waals surface area contributed by atoms with Gasteiger partial charge in [-0.15, -0.1) is 0 Å². The number of hydrogen-bond acceptors (Lipinski definition) is 5. The van der Waals surface area contributed by atoms with E-state index >= 15 is 0 Å². The smallest absolute Gasteiger partial charge is 0.338 e. The molecule has 7 heteroatoms. The van der Waals surface area contributed by atoms with Crippen LogP contribution in [0.2, 0.25) is 0 Å². The van der Waals surface area contributed by atoms with Gasteiger partial charge in [-0.2, -0.15) is 5.26 Å². The fourth-order valence-corrected chi connectivity index (χ4v) is 3.05. The van der Waals surface area contributed by atoms with Gasteiger partial charge in [0, 0.05) is 37.6 Å². The van der Waals surface area contributed by atoms with Crippen molar-refractivity contribution < 1.29 is 14.3 Å². The van der Waals surface area contributed by atoms with E-state index in [-0.39, 0.29) is 12.0 Å². The summed E-state index contributed by atoms with van der Waals surface area (Å²) in [6.07, 6.45) is 0. The van der Waals surface area contributed by atoms with Crippen LogP contribution in [0, 0.1) is 11.3 Å². The summed E-state index contributed by atoms with van der Waals surface area (Å²) in [4.78, 5) is 28.1. The highest BCUT2D eigenvalue weighted by Crippen LogP contribution is 2.18. The normalized spacial score (nSPS) is 13.6. The number of nitrogens with zero attached hydrogens (tertiary/aromatic N) is 3. The van der Waals surface area contributed by atoms with E-state index in [1.165, 1.54) is 0 Å². The Balaban J connectivity index is 1.54. The molecule has 0 saturated carbocycles. The van der Waals surface area contributed by atoms with Crippen LogP contribution in [0.25, 0.3) is 0 Å². The van der Waals surface area contributed by atoms with Gasteiger partial charge in [0.05, 0.1) is 23.8 Å². The number of rotatable bonds is 4. The minimum atomic E-state index is -0.378. The zero-order valence-electron chi connectivity index (χ0n) is 15.7. The molecule has 0 bridgehead atoms. The molecule has 144 valence electrons. The summed E-state index contributed by atoms with van der Waals surface area (Å²) in [7, 11) is 0. The zero-order chi connectivity index (χ0) is 19.9. The minimum absolute atomic E-state index is 0.172. The predicted octanol–water partition coefficient (Wildman–Crippen LogP) is 3.09. The van der Waals surface area contributed by atoms with Crippen LogP contribution < -0.4 is 10.2 Å². The molecular weight excluding hydrogens is 356 g/mol. The number of piperazine rings is 1. The molecule has 1 aliphatic heterocycles. The lowest BCUT2D eigenvalue weighted by Gasteiger charge is -2.36. The van der Waals surface area contributed by atoms with Crippen LogP contribution in [0.3, 0.4) is 0 Å². The van der Waals surface area contributed by atoms with Gasteiger partial charge in [-0.1, -0.05) is 6.07 Å². The Bertz CT molecular complexity index is 881. The number of nitriles is 1. The molecule has 2 amide bonds. The van der Waals surface area contributed by atoms with Crippen molar-refractivity contribution in [1.29, 1.82) is 5.26 Å². The SMILES string of the molecule is CCOC(=O)c1ccc(NC(=O)N2CCN(c3cccc(C#N)c3)CC2)cc1. The average molecular weight is 378 g/mol. The maximum absolute atomic E-state index is 12.5. The molecule has 0 aromatic heterocycles. The number of carbonyl (C=O) groups is 2. The van der Waals surface area contributed by atoms with Crippen LogP contribution >= 0.6 is 0 Å². The van der Waals surface area contributed by atoms with E-state index in [4.69, 9.17) is 10.00 Å². The number of ether oxygens (including phenoxy) is 1. The van der Waals surface area contributed by atoms with E-state index in [0.29, 0.717) is 49.6 Å². The number of urea groups is 1. The van der Waals surface area contributed by atoms with Gasteiger partial charge in [0.15, 0.2) is 0 Å². The van der Waals surface area contributed by atoms with Crippen LogP contribution in [-0.4, -0.2) is 49.7 Å². The summed E-state index contributed by atoms with van der Waals surface area (Å²) in [6.45, 7) is 4.65. The predicted molar refractivity (Wildman–Crippen MR) is 106 cm³/mol. The molecule has 1 heterocycles. The molecule has 1 fully saturated rings. The van der Waals surface area contributed by atoms with E-state index in [1.807, 2.05) is 18.2 Å². The first kappa shape index (κ1) is 19.2.